The van der Waals surface area contributed by atoms with Crippen LogP contribution in [0.2, 0.25) is 0 Å². The highest BCUT2D eigenvalue weighted by Gasteiger charge is 2.17. The van der Waals surface area contributed by atoms with Crippen LogP contribution in [-0.2, 0) is 4.74 Å². The van der Waals surface area contributed by atoms with E-state index < -0.39 is 11.9 Å². The van der Waals surface area contributed by atoms with Gasteiger partial charge in [-0.15, -0.1) is 0 Å². The van der Waals surface area contributed by atoms with Gasteiger partial charge in [-0.2, -0.15) is 0 Å². The first-order valence-corrected chi connectivity index (χ1v) is 6.89. The molecule has 0 aliphatic rings. The summed E-state index contributed by atoms with van der Waals surface area (Å²) in [5.41, 5.74) is 0.954. The van der Waals surface area contributed by atoms with E-state index in [1.165, 1.54) is 12.1 Å². The second-order valence-corrected chi connectivity index (χ2v) is 4.53. The van der Waals surface area contributed by atoms with Crippen molar-refractivity contribution in [2.24, 2.45) is 0 Å². The van der Waals surface area contributed by atoms with E-state index in [1.54, 1.807) is 0 Å². The van der Waals surface area contributed by atoms with Gasteiger partial charge in [0, 0.05) is 13.2 Å². The first-order chi connectivity index (χ1) is 10.6. The van der Waals surface area contributed by atoms with Crippen molar-refractivity contribution in [3.8, 4) is 0 Å². The van der Waals surface area contributed by atoms with Gasteiger partial charge in [-0.05, 0) is 24.6 Å². The predicted molar refractivity (Wildman–Crippen MR) is 78.8 cm³/mol. The summed E-state index contributed by atoms with van der Waals surface area (Å²) >= 11 is 0. The minimum absolute atomic E-state index is 0.0410. The molecule has 1 heterocycles. The molecule has 1 atom stereocenters. The number of carboxylic acids is 1. The van der Waals surface area contributed by atoms with Gasteiger partial charge in [-0.25, -0.2) is 4.79 Å². The molecule has 22 heavy (non-hydrogen) atoms. The van der Waals surface area contributed by atoms with Crippen molar-refractivity contribution < 1.29 is 23.8 Å². The third kappa shape index (κ3) is 3.95. The predicted octanol–water partition coefficient (Wildman–Crippen LogP) is 2.49. The fourth-order valence-corrected chi connectivity index (χ4v) is 1.99. The van der Waals surface area contributed by atoms with Gasteiger partial charge in [-0.1, -0.05) is 30.3 Å². The lowest BCUT2D eigenvalue weighted by molar-refractivity contribution is 0.0575. The van der Waals surface area contributed by atoms with Crippen molar-refractivity contribution in [1.29, 1.82) is 0 Å². The smallest absolute Gasteiger partial charge is 0.371 e. The summed E-state index contributed by atoms with van der Waals surface area (Å²) in [4.78, 5) is 22.7. The Hall–Kier alpha value is -2.60. The maximum absolute atomic E-state index is 12.0. The first-order valence-electron chi connectivity index (χ1n) is 6.89. The van der Waals surface area contributed by atoms with Gasteiger partial charge < -0.3 is 19.6 Å². The number of benzene rings is 1. The molecule has 6 nitrogen and oxygen atoms in total. The molecular weight excluding hydrogens is 286 g/mol. The van der Waals surface area contributed by atoms with Crippen LogP contribution in [0.3, 0.4) is 0 Å². The highest BCUT2D eigenvalue weighted by Crippen LogP contribution is 2.16. The number of carboxylic acid groups (broad SMARTS) is 1. The zero-order valence-corrected chi connectivity index (χ0v) is 12.1. The second kappa shape index (κ2) is 7.42. The molecule has 1 amide bonds. The second-order valence-electron chi connectivity index (χ2n) is 4.53. The lowest BCUT2D eigenvalue weighted by atomic mass is 10.1. The molecule has 116 valence electrons. The van der Waals surface area contributed by atoms with Gasteiger partial charge in [0.25, 0.3) is 5.91 Å². The van der Waals surface area contributed by atoms with Gasteiger partial charge in [0.1, 0.15) is 0 Å². The lowest BCUT2D eigenvalue weighted by Gasteiger charge is -2.17. The molecule has 0 radical (unpaired) electrons. The fourth-order valence-electron chi connectivity index (χ4n) is 1.99. The minimum Gasteiger partial charge on any atom is -0.475 e. The molecule has 0 spiro atoms. The number of carbonyl (C=O) groups is 2. The van der Waals surface area contributed by atoms with Crippen molar-refractivity contribution in [2.45, 2.75) is 13.0 Å². The molecule has 1 aromatic heterocycles. The van der Waals surface area contributed by atoms with Crippen molar-refractivity contribution in [3.05, 3.63) is 59.5 Å². The molecule has 1 unspecified atom stereocenters. The van der Waals surface area contributed by atoms with E-state index in [-0.39, 0.29) is 24.2 Å². The average molecular weight is 303 g/mol. The van der Waals surface area contributed by atoms with Crippen molar-refractivity contribution >= 4 is 11.9 Å². The molecule has 0 fully saturated rings. The van der Waals surface area contributed by atoms with Crippen LogP contribution in [0, 0.1) is 0 Å². The number of hydrogen-bond acceptors (Lipinski definition) is 4. The van der Waals surface area contributed by atoms with Crippen LogP contribution in [0.25, 0.3) is 0 Å². The van der Waals surface area contributed by atoms with E-state index in [0.717, 1.165) is 5.56 Å². The van der Waals surface area contributed by atoms with Gasteiger partial charge >= 0.3 is 5.97 Å². The fraction of sp³-hybridized carbons (Fsp3) is 0.250. The number of hydrogen-bond donors (Lipinski definition) is 2. The van der Waals surface area contributed by atoms with Gasteiger partial charge in [0.05, 0.1) is 6.10 Å². The van der Waals surface area contributed by atoms with Gasteiger partial charge in [0.2, 0.25) is 5.76 Å². The number of aromatic carboxylic acids is 1. The zero-order chi connectivity index (χ0) is 15.9. The zero-order valence-electron chi connectivity index (χ0n) is 12.1. The molecule has 2 rings (SSSR count). The highest BCUT2D eigenvalue weighted by molar-refractivity contribution is 5.93. The van der Waals surface area contributed by atoms with E-state index in [4.69, 9.17) is 14.3 Å². The third-order valence-corrected chi connectivity index (χ3v) is 3.03. The average Bonchev–Trinajstić information content (AvgIpc) is 3.02. The molecule has 0 bridgehead atoms. The lowest BCUT2D eigenvalue weighted by Crippen LogP contribution is -2.29. The van der Waals surface area contributed by atoms with E-state index in [0.29, 0.717) is 6.61 Å². The minimum atomic E-state index is -1.21. The molecule has 2 aromatic rings. The summed E-state index contributed by atoms with van der Waals surface area (Å²) in [5.74, 6) is -2.00. The Morgan fingerprint density at radius 1 is 1.18 bits per heavy atom. The quantitative estimate of drug-likeness (QED) is 0.820. The van der Waals surface area contributed by atoms with Crippen LogP contribution in [-0.4, -0.2) is 30.1 Å². The monoisotopic (exact) mass is 303 g/mol. The van der Waals surface area contributed by atoms with Crippen LogP contribution in [0.5, 0.6) is 0 Å². The number of ether oxygens (including phenoxy) is 1. The summed E-state index contributed by atoms with van der Waals surface area (Å²) < 4.78 is 10.6. The number of furan rings is 1. The highest BCUT2D eigenvalue weighted by atomic mass is 16.5. The van der Waals surface area contributed by atoms with Crippen LogP contribution in [0.4, 0.5) is 0 Å². The Balaban J connectivity index is 1.99. The third-order valence-electron chi connectivity index (χ3n) is 3.03. The van der Waals surface area contributed by atoms with Crippen molar-refractivity contribution in [2.75, 3.05) is 13.2 Å². The number of carbonyl (C=O) groups excluding carboxylic acids is 1. The van der Waals surface area contributed by atoms with Crippen LogP contribution in [0.15, 0.2) is 46.9 Å². The standard InChI is InChI=1S/C16H17NO5/c1-2-21-14(11-6-4-3-5-7-11)10-17-15(18)12-8-9-13(22-12)16(19)20/h3-9,14H,2,10H2,1H3,(H,17,18)(H,19,20). The van der Waals surface area contributed by atoms with Crippen molar-refractivity contribution in [1.82, 2.24) is 5.32 Å². The van der Waals surface area contributed by atoms with E-state index >= 15 is 0 Å². The largest absolute Gasteiger partial charge is 0.475 e. The molecule has 1 aromatic carbocycles. The maximum Gasteiger partial charge on any atom is 0.371 e. The summed E-state index contributed by atoms with van der Waals surface area (Å²) in [5, 5.41) is 11.5. The Labute approximate surface area is 127 Å². The molecule has 0 aliphatic heterocycles. The van der Waals surface area contributed by atoms with Crippen LogP contribution < -0.4 is 5.32 Å². The summed E-state index contributed by atoms with van der Waals surface area (Å²) in [6, 6.07) is 12.1. The van der Waals surface area contributed by atoms with Crippen molar-refractivity contribution in [3.63, 3.8) is 0 Å². The Kier molecular flexibility index (Phi) is 5.32. The Bertz CT molecular complexity index is 635. The number of nitrogens with one attached hydrogen (secondary N) is 1. The summed E-state index contributed by atoms with van der Waals surface area (Å²) in [6.45, 7) is 2.66. The van der Waals surface area contributed by atoms with E-state index in [1.807, 2.05) is 37.3 Å². The number of rotatable bonds is 7. The molecule has 6 heteroatoms. The van der Waals surface area contributed by atoms with Crippen LogP contribution in [0.1, 0.15) is 39.7 Å². The Morgan fingerprint density at radius 3 is 2.45 bits per heavy atom. The molecular formula is C16H17NO5. The first kappa shape index (κ1) is 15.8. The van der Waals surface area contributed by atoms with E-state index in [2.05, 4.69) is 5.32 Å². The maximum atomic E-state index is 12.0. The van der Waals surface area contributed by atoms with Gasteiger partial charge in [-0.3, -0.25) is 4.79 Å². The SMILES string of the molecule is CCOC(CNC(=O)c1ccc(C(=O)O)o1)c1ccccc1. The summed E-state index contributed by atoms with van der Waals surface area (Å²) in [6.07, 6.45) is -0.274. The molecule has 0 aliphatic carbocycles. The normalized spacial score (nSPS) is 11.9. The number of amides is 1. The van der Waals surface area contributed by atoms with Crippen LogP contribution >= 0.6 is 0 Å². The molecule has 2 N–H and O–H groups in total. The summed E-state index contributed by atoms with van der Waals surface area (Å²) in [7, 11) is 0. The van der Waals surface area contributed by atoms with Gasteiger partial charge in [0.15, 0.2) is 5.76 Å². The molecule has 0 saturated heterocycles. The van der Waals surface area contributed by atoms with E-state index in [9.17, 15) is 9.59 Å². The topological polar surface area (TPSA) is 88.8 Å². The molecule has 0 saturated carbocycles. The Morgan fingerprint density at radius 2 is 1.86 bits per heavy atom.